The van der Waals surface area contributed by atoms with Gasteiger partial charge in [-0.3, -0.25) is 4.79 Å². The zero-order valence-electron chi connectivity index (χ0n) is 11.3. The molecule has 102 valence electrons. The van der Waals surface area contributed by atoms with E-state index in [0.29, 0.717) is 12.4 Å². The lowest BCUT2D eigenvalue weighted by atomic mass is 9.92. The third-order valence-corrected chi connectivity index (χ3v) is 3.38. The van der Waals surface area contributed by atoms with E-state index in [1.54, 1.807) is 20.0 Å². The first-order chi connectivity index (χ1) is 8.85. The number of nitrogens with zero attached hydrogens (tertiary/aromatic N) is 3. The molecular weight excluding hydrogens is 264 g/mol. The van der Waals surface area contributed by atoms with Gasteiger partial charge in [0.25, 0.3) is 0 Å². The number of pyridine rings is 1. The summed E-state index contributed by atoms with van der Waals surface area (Å²) in [5.41, 5.74) is 7.30. The second-order valence-corrected chi connectivity index (χ2v) is 5.62. The van der Waals surface area contributed by atoms with E-state index in [9.17, 15) is 4.79 Å². The second kappa shape index (κ2) is 4.81. The van der Waals surface area contributed by atoms with Gasteiger partial charge in [-0.1, -0.05) is 0 Å². The van der Waals surface area contributed by atoms with E-state index < -0.39 is 5.41 Å². The van der Waals surface area contributed by atoms with Crippen LogP contribution < -0.4 is 5.73 Å². The van der Waals surface area contributed by atoms with Gasteiger partial charge in [-0.25, -0.2) is 9.97 Å². The van der Waals surface area contributed by atoms with Crippen LogP contribution in [0.1, 0.15) is 25.2 Å². The van der Waals surface area contributed by atoms with Crippen LogP contribution in [0.25, 0.3) is 11.2 Å². The van der Waals surface area contributed by atoms with Crippen molar-refractivity contribution < 1.29 is 4.79 Å². The van der Waals surface area contributed by atoms with Gasteiger partial charge in [-0.15, -0.1) is 11.6 Å². The maximum atomic E-state index is 11.5. The van der Waals surface area contributed by atoms with Gasteiger partial charge in [0.05, 0.1) is 11.3 Å². The minimum atomic E-state index is -0.680. The Labute approximate surface area is 116 Å². The number of alkyl halides is 1. The summed E-state index contributed by atoms with van der Waals surface area (Å²) < 4.78 is 1.87. The summed E-state index contributed by atoms with van der Waals surface area (Å²) >= 11 is 5.92. The van der Waals surface area contributed by atoms with E-state index in [2.05, 4.69) is 9.97 Å². The van der Waals surface area contributed by atoms with Crippen LogP contribution in [0.5, 0.6) is 0 Å². The fraction of sp³-hybridized carbons (Fsp3) is 0.462. The number of hydrogen-bond donors (Lipinski definition) is 1. The number of halogens is 1. The van der Waals surface area contributed by atoms with Crippen LogP contribution in [0.3, 0.4) is 0 Å². The largest absolute Gasteiger partial charge is 0.369 e. The van der Waals surface area contributed by atoms with Crippen LogP contribution in [-0.4, -0.2) is 20.4 Å². The molecule has 0 aromatic carbocycles. The maximum Gasteiger partial charge on any atom is 0.224 e. The number of primary amides is 1. The van der Waals surface area contributed by atoms with Crippen molar-refractivity contribution in [3.63, 3.8) is 0 Å². The Balaban J connectivity index is 2.55. The molecule has 0 aliphatic rings. The van der Waals surface area contributed by atoms with Gasteiger partial charge < -0.3 is 10.3 Å². The zero-order valence-corrected chi connectivity index (χ0v) is 12.0. The quantitative estimate of drug-likeness (QED) is 0.871. The molecule has 2 aromatic rings. The van der Waals surface area contributed by atoms with Gasteiger partial charge >= 0.3 is 0 Å². The Morgan fingerprint density at radius 1 is 1.53 bits per heavy atom. The summed E-state index contributed by atoms with van der Waals surface area (Å²) in [6, 6.07) is 1.95. The topological polar surface area (TPSA) is 73.8 Å². The Morgan fingerprint density at radius 2 is 2.21 bits per heavy atom. The molecule has 6 heteroatoms. The molecule has 0 bridgehead atoms. The summed E-state index contributed by atoms with van der Waals surface area (Å²) in [6.07, 6.45) is 1.77. The van der Waals surface area contributed by atoms with Crippen molar-refractivity contribution in [3.05, 3.63) is 23.7 Å². The number of carbonyl (C=O) groups is 1. The average Bonchev–Trinajstić information content (AvgIpc) is 2.65. The van der Waals surface area contributed by atoms with Crippen LogP contribution in [0.2, 0.25) is 0 Å². The standard InChI is InChI=1S/C13H17ClN4O/c1-8-4-9-11(16-6-8)18(10(5-14)17-9)7-13(2,3)12(15)19/h4,6H,5,7H2,1-3H3,(H2,15,19). The number of aryl methyl sites for hydroxylation is 1. The van der Waals surface area contributed by atoms with Crippen molar-refractivity contribution in [2.24, 2.45) is 11.1 Å². The van der Waals surface area contributed by atoms with Crippen LogP contribution >= 0.6 is 11.6 Å². The van der Waals surface area contributed by atoms with Crippen molar-refractivity contribution in [2.75, 3.05) is 0 Å². The molecule has 0 unspecified atom stereocenters. The first-order valence-corrected chi connectivity index (χ1v) is 6.56. The van der Waals surface area contributed by atoms with Gasteiger partial charge in [0, 0.05) is 12.7 Å². The summed E-state index contributed by atoms with van der Waals surface area (Å²) in [4.78, 5) is 20.3. The van der Waals surface area contributed by atoms with E-state index in [1.807, 2.05) is 17.6 Å². The van der Waals surface area contributed by atoms with Gasteiger partial charge in [0.1, 0.15) is 11.3 Å². The fourth-order valence-electron chi connectivity index (χ4n) is 1.90. The minimum Gasteiger partial charge on any atom is -0.369 e. The molecule has 0 saturated heterocycles. The molecule has 2 N–H and O–H groups in total. The maximum absolute atomic E-state index is 11.5. The predicted molar refractivity (Wildman–Crippen MR) is 74.8 cm³/mol. The molecule has 0 saturated carbocycles. The van der Waals surface area contributed by atoms with Gasteiger partial charge in [0.15, 0.2) is 5.65 Å². The molecular formula is C13H17ClN4O. The molecule has 2 heterocycles. The van der Waals surface area contributed by atoms with Crippen LogP contribution in [-0.2, 0) is 17.2 Å². The number of amides is 1. The first kappa shape index (κ1) is 13.8. The summed E-state index contributed by atoms with van der Waals surface area (Å²) in [6.45, 7) is 5.97. The van der Waals surface area contributed by atoms with E-state index in [4.69, 9.17) is 17.3 Å². The lowest BCUT2D eigenvalue weighted by molar-refractivity contribution is -0.126. The van der Waals surface area contributed by atoms with Crippen molar-refractivity contribution in [1.82, 2.24) is 14.5 Å². The molecule has 0 aliphatic carbocycles. The molecule has 0 fully saturated rings. The van der Waals surface area contributed by atoms with Crippen molar-refractivity contribution in [1.29, 1.82) is 0 Å². The molecule has 1 amide bonds. The molecule has 2 aromatic heterocycles. The Kier molecular flexibility index (Phi) is 3.49. The average molecular weight is 281 g/mol. The monoisotopic (exact) mass is 280 g/mol. The molecule has 19 heavy (non-hydrogen) atoms. The van der Waals surface area contributed by atoms with Crippen LogP contribution in [0, 0.1) is 12.3 Å². The molecule has 0 atom stereocenters. The minimum absolute atomic E-state index is 0.268. The molecule has 0 radical (unpaired) electrons. The Bertz CT molecular complexity index is 633. The lowest BCUT2D eigenvalue weighted by Crippen LogP contribution is -2.35. The lowest BCUT2D eigenvalue weighted by Gasteiger charge is -2.22. The van der Waals surface area contributed by atoms with Crippen molar-refractivity contribution in [3.8, 4) is 0 Å². The number of fused-ring (bicyclic) bond motifs is 1. The Morgan fingerprint density at radius 3 is 2.79 bits per heavy atom. The smallest absolute Gasteiger partial charge is 0.224 e. The first-order valence-electron chi connectivity index (χ1n) is 6.03. The van der Waals surface area contributed by atoms with Crippen molar-refractivity contribution in [2.45, 2.75) is 33.2 Å². The highest BCUT2D eigenvalue weighted by Gasteiger charge is 2.27. The third kappa shape index (κ3) is 2.56. The highest BCUT2D eigenvalue weighted by molar-refractivity contribution is 6.16. The number of carbonyl (C=O) groups excluding carboxylic acids is 1. The Hall–Kier alpha value is -1.62. The molecule has 0 spiro atoms. The van der Waals surface area contributed by atoms with E-state index >= 15 is 0 Å². The van der Waals surface area contributed by atoms with Gasteiger partial charge in [0.2, 0.25) is 5.91 Å². The number of hydrogen-bond acceptors (Lipinski definition) is 3. The molecule has 2 rings (SSSR count). The normalized spacial score (nSPS) is 12.0. The number of imidazole rings is 1. The SMILES string of the molecule is Cc1cnc2c(c1)nc(CCl)n2CC(C)(C)C(N)=O. The fourth-order valence-corrected chi connectivity index (χ4v) is 2.10. The third-order valence-electron chi connectivity index (χ3n) is 3.14. The highest BCUT2D eigenvalue weighted by Crippen LogP contribution is 2.23. The van der Waals surface area contributed by atoms with Gasteiger partial charge in [-0.2, -0.15) is 0 Å². The number of rotatable bonds is 4. The van der Waals surface area contributed by atoms with E-state index in [0.717, 1.165) is 16.7 Å². The van der Waals surface area contributed by atoms with Gasteiger partial charge in [-0.05, 0) is 32.4 Å². The predicted octanol–water partition coefficient (Wildman–Crippen LogP) is 1.99. The van der Waals surface area contributed by atoms with E-state index in [1.165, 1.54) is 0 Å². The summed E-state index contributed by atoms with van der Waals surface area (Å²) in [7, 11) is 0. The van der Waals surface area contributed by atoms with Crippen LogP contribution in [0.4, 0.5) is 0 Å². The second-order valence-electron chi connectivity index (χ2n) is 5.35. The summed E-state index contributed by atoms with van der Waals surface area (Å²) in [5, 5.41) is 0. The van der Waals surface area contributed by atoms with Crippen LogP contribution in [0.15, 0.2) is 12.3 Å². The van der Waals surface area contributed by atoms with E-state index in [-0.39, 0.29) is 11.8 Å². The molecule has 5 nitrogen and oxygen atoms in total. The summed E-state index contributed by atoms with van der Waals surface area (Å²) in [5.74, 6) is 0.607. The zero-order chi connectivity index (χ0) is 14.2. The number of aromatic nitrogens is 3. The van der Waals surface area contributed by atoms with Crippen molar-refractivity contribution >= 4 is 28.7 Å². The molecule has 0 aliphatic heterocycles. The highest BCUT2D eigenvalue weighted by atomic mass is 35.5. The number of nitrogens with two attached hydrogens (primary N) is 1.